The number of rotatable bonds is 8. The molecule has 0 spiro atoms. The van der Waals surface area contributed by atoms with E-state index in [1.165, 1.54) is 0 Å². The summed E-state index contributed by atoms with van der Waals surface area (Å²) in [4.78, 5) is 23.6. The number of carbonyl (C=O) groups excluding carboxylic acids is 1. The Hall–Kier alpha value is -2.61. The van der Waals surface area contributed by atoms with Crippen molar-refractivity contribution in [2.75, 3.05) is 24.2 Å². The lowest BCUT2D eigenvalue weighted by Gasteiger charge is -2.30. The third-order valence-corrected chi connectivity index (χ3v) is 5.25. The van der Waals surface area contributed by atoms with Crippen molar-refractivity contribution in [1.82, 2.24) is 19.4 Å². The van der Waals surface area contributed by atoms with Crippen LogP contribution in [0.15, 0.2) is 18.3 Å². The number of aliphatic hydroxyl groups is 1. The van der Waals surface area contributed by atoms with Crippen molar-refractivity contribution >= 4 is 17.7 Å². The molecule has 2 aromatic rings. The van der Waals surface area contributed by atoms with Crippen LogP contribution in [0.4, 0.5) is 11.8 Å². The molecule has 8 heteroatoms. The Bertz CT molecular complexity index is 819. The van der Waals surface area contributed by atoms with Crippen LogP contribution < -0.4 is 11.1 Å². The third-order valence-electron chi connectivity index (χ3n) is 5.25. The number of aromatic nitrogens is 3. The summed E-state index contributed by atoms with van der Waals surface area (Å²) in [6.07, 6.45) is 6.26. The standard InChI is InChI=1S/C20H30N6O2/c1-3-4-6-14(9-12-27)22-18-15-13-26(11-8-16(15)23-20(21)24-18)19(28)17-7-5-10-25(17)2/h5,7,10,14,27H,3-4,6,8-9,11-13H2,1-2H3,(H3,21,22,23,24)/t14-/m0/s1. The number of aryl methyl sites for hydroxylation is 1. The molecule has 1 atom stereocenters. The number of carbonyl (C=O) groups is 1. The maximum atomic E-state index is 12.9. The van der Waals surface area contributed by atoms with Crippen LogP contribution in [0.3, 0.4) is 0 Å². The van der Waals surface area contributed by atoms with Gasteiger partial charge in [0.2, 0.25) is 5.95 Å². The summed E-state index contributed by atoms with van der Waals surface area (Å²) in [7, 11) is 1.87. The first kappa shape index (κ1) is 20.1. The van der Waals surface area contributed by atoms with Gasteiger partial charge in [-0.3, -0.25) is 4.79 Å². The molecule has 28 heavy (non-hydrogen) atoms. The van der Waals surface area contributed by atoms with E-state index in [0.717, 1.165) is 30.5 Å². The molecule has 0 unspecified atom stereocenters. The van der Waals surface area contributed by atoms with Crippen molar-refractivity contribution in [3.63, 3.8) is 0 Å². The Morgan fingerprint density at radius 2 is 2.21 bits per heavy atom. The second-order valence-corrected chi connectivity index (χ2v) is 7.33. The first-order chi connectivity index (χ1) is 13.5. The summed E-state index contributed by atoms with van der Waals surface area (Å²) in [5.74, 6) is 0.918. The molecule has 3 heterocycles. The first-order valence-corrected chi connectivity index (χ1v) is 9.96. The number of hydrogen-bond donors (Lipinski definition) is 3. The van der Waals surface area contributed by atoms with Gasteiger partial charge in [0.15, 0.2) is 0 Å². The molecule has 0 aromatic carbocycles. The Labute approximate surface area is 165 Å². The van der Waals surface area contributed by atoms with E-state index in [9.17, 15) is 9.90 Å². The van der Waals surface area contributed by atoms with Crippen LogP contribution in [0.5, 0.6) is 0 Å². The van der Waals surface area contributed by atoms with Crippen molar-refractivity contribution in [2.24, 2.45) is 7.05 Å². The first-order valence-electron chi connectivity index (χ1n) is 9.96. The Kier molecular flexibility index (Phi) is 6.51. The van der Waals surface area contributed by atoms with E-state index in [-0.39, 0.29) is 24.5 Å². The van der Waals surface area contributed by atoms with Crippen LogP contribution in [0.25, 0.3) is 0 Å². The number of unbranched alkanes of at least 4 members (excludes halogenated alkanes) is 1. The van der Waals surface area contributed by atoms with Gasteiger partial charge < -0.3 is 25.6 Å². The number of aliphatic hydroxyl groups excluding tert-OH is 1. The summed E-state index contributed by atoms with van der Waals surface area (Å²) in [6, 6.07) is 3.82. The molecule has 152 valence electrons. The van der Waals surface area contributed by atoms with E-state index in [1.54, 1.807) is 0 Å². The van der Waals surface area contributed by atoms with Crippen molar-refractivity contribution in [1.29, 1.82) is 0 Å². The van der Waals surface area contributed by atoms with Gasteiger partial charge in [-0.1, -0.05) is 19.8 Å². The van der Waals surface area contributed by atoms with Crippen LogP contribution in [-0.4, -0.2) is 49.6 Å². The van der Waals surface area contributed by atoms with Gasteiger partial charge in [0.1, 0.15) is 11.5 Å². The maximum Gasteiger partial charge on any atom is 0.270 e. The second-order valence-electron chi connectivity index (χ2n) is 7.33. The van der Waals surface area contributed by atoms with E-state index < -0.39 is 0 Å². The van der Waals surface area contributed by atoms with Crippen LogP contribution in [0, 0.1) is 0 Å². The molecule has 1 amide bonds. The molecule has 4 N–H and O–H groups in total. The normalized spacial score (nSPS) is 14.6. The SMILES string of the molecule is CCCC[C@@H](CCO)Nc1nc(N)nc2c1CN(C(=O)c1cccn1C)CC2. The summed E-state index contributed by atoms with van der Waals surface area (Å²) >= 11 is 0. The monoisotopic (exact) mass is 386 g/mol. The molecule has 3 rings (SSSR count). The number of nitrogens with zero attached hydrogens (tertiary/aromatic N) is 4. The van der Waals surface area contributed by atoms with Crippen molar-refractivity contribution in [3.05, 3.63) is 35.3 Å². The highest BCUT2D eigenvalue weighted by atomic mass is 16.3. The molecule has 0 saturated carbocycles. The van der Waals surface area contributed by atoms with Crippen molar-refractivity contribution in [2.45, 2.75) is 51.6 Å². The lowest BCUT2D eigenvalue weighted by atomic mass is 10.0. The second kappa shape index (κ2) is 9.05. The summed E-state index contributed by atoms with van der Waals surface area (Å²) in [5.41, 5.74) is 8.40. The average molecular weight is 387 g/mol. The molecule has 1 aliphatic heterocycles. The minimum atomic E-state index is -0.00110. The van der Waals surface area contributed by atoms with Gasteiger partial charge in [-0.25, -0.2) is 4.98 Å². The number of nitrogens with one attached hydrogen (secondary N) is 1. The highest BCUT2D eigenvalue weighted by Crippen LogP contribution is 2.27. The average Bonchev–Trinajstić information content (AvgIpc) is 3.11. The fraction of sp³-hybridized carbons (Fsp3) is 0.550. The number of nitrogens with two attached hydrogens (primary N) is 1. The highest BCUT2D eigenvalue weighted by Gasteiger charge is 2.27. The fourth-order valence-electron chi connectivity index (χ4n) is 3.66. The quantitative estimate of drug-likeness (QED) is 0.640. The zero-order chi connectivity index (χ0) is 20.1. The number of fused-ring (bicyclic) bond motifs is 1. The van der Waals surface area contributed by atoms with Crippen molar-refractivity contribution < 1.29 is 9.90 Å². The fourth-order valence-corrected chi connectivity index (χ4v) is 3.66. The van der Waals surface area contributed by atoms with Gasteiger partial charge in [-0.05, 0) is 25.0 Å². The van der Waals surface area contributed by atoms with Gasteiger partial charge >= 0.3 is 0 Å². The van der Waals surface area contributed by atoms with Crippen LogP contribution in [0.2, 0.25) is 0 Å². The topological polar surface area (TPSA) is 109 Å². The van der Waals surface area contributed by atoms with Crippen LogP contribution >= 0.6 is 0 Å². The molecule has 0 bridgehead atoms. The van der Waals surface area contributed by atoms with Crippen LogP contribution in [0.1, 0.15) is 54.4 Å². The molecular weight excluding hydrogens is 356 g/mol. The summed E-state index contributed by atoms with van der Waals surface area (Å²) in [5, 5.41) is 12.9. The smallest absolute Gasteiger partial charge is 0.270 e. The van der Waals surface area contributed by atoms with Gasteiger partial charge in [0, 0.05) is 44.4 Å². The lowest BCUT2D eigenvalue weighted by Crippen LogP contribution is -2.38. The number of amides is 1. The molecule has 1 aliphatic rings. The molecule has 0 radical (unpaired) electrons. The maximum absolute atomic E-state index is 12.9. The van der Waals surface area contributed by atoms with E-state index in [2.05, 4.69) is 22.2 Å². The van der Waals surface area contributed by atoms with Crippen molar-refractivity contribution in [3.8, 4) is 0 Å². The Morgan fingerprint density at radius 3 is 2.89 bits per heavy atom. The zero-order valence-corrected chi connectivity index (χ0v) is 16.7. The highest BCUT2D eigenvalue weighted by molar-refractivity contribution is 5.93. The molecule has 8 nitrogen and oxygen atoms in total. The Morgan fingerprint density at radius 1 is 1.39 bits per heavy atom. The van der Waals surface area contributed by atoms with Gasteiger partial charge in [-0.2, -0.15) is 4.98 Å². The van der Waals surface area contributed by atoms with Gasteiger partial charge in [-0.15, -0.1) is 0 Å². The molecule has 0 fully saturated rings. The third kappa shape index (κ3) is 4.44. The summed E-state index contributed by atoms with van der Waals surface area (Å²) < 4.78 is 1.83. The lowest BCUT2D eigenvalue weighted by molar-refractivity contribution is 0.0724. The van der Waals surface area contributed by atoms with Gasteiger partial charge in [0.05, 0.1) is 12.2 Å². The minimum absolute atomic E-state index is 0.00110. The molecule has 0 aliphatic carbocycles. The predicted octanol–water partition coefficient (Wildman–Crippen LogP) is 1.95. The van der Waals surface area contributed by atoms with Crippen LogP contribution in [-0.2, 0) is 20.0 Å². The predicted molar refractivity (Wildman–Crippen MR) is 109 cm³/mol. The zero-order valence-electron chi connectivity index (χ0n) is 16.7. The molecular formula is C20H30N6O2. The van der Waals surface area contributed by atoms with E-state index in [1.807, 2.05) is 34.8 Å². The molecule has 2 aromatic heterocycles. The van der Waals surface area contributed by atoms with E-state index in [0.29, 0.717) is 37.4 Å². The minimum Gasteiger partial charge on any atom is -0.396 e. The number of anilines is 2. The number of hydrogen-bond acceptors (Lipinski definition) is 6. The largest absolute Gasteiger partial charge is 0.396 e. The number of nitrogen functional groups attached to an aromatic ring is 1. The Balaban J connectivity index is 1.83. The molecule has 0 saturated heterocycles. The van der Waals surface area contributed by atoms with E-state index >= 15 is 0 Å². The summed E-state index contributed by atoms with van der Waals surface area (Å²) in [6.45, 7) is 3.31. The van der Waals surface area contributed by atoms with Gasteiger partial charge in [0.25, 0.3) is 5.91 Å². The van der Waals surface area contributed by atoms with E-state index in [4.69, 9.17) is 5.73 Å².